The SMILES string of the molecule is COCCNC(=O)c1cc(NC(=O)Cc2ccccc2)ccc1N1CCCC1. The summed E-state index contributed by atoms with van der Waals surface area (Å²) in [7, 11) is 1.60. The van der Waals surface area contributed by atoms with E-state index in [0.717, 1.165) is 37.2 Å². The molecule has 2 aromatic rings. The molecule has 1 saturated heterocycles. The molecule has 2 aromatic carbocycles. The molecule has 1 fully saturated rings. The van der Waals surface area contributed by atoms with Crippen LogP contribution in [0.4, 0.5) is 11.4 Å². The number of benzene rings is 2. The molecule has 0 aromatic heterocycles. The molecule has 0 spiro atoms. The molecule has 0 unspecified atom stereocenters. The molecule has 0 saturated carbocycles. The molecule has 0 bridgehead atoms. The fourth-order valence-corrected chi connectivity index (χ4v) is 3.38. The Morgan fingerprint density at radius 1 is 1.07 bits per heavy atom. The Morgan fingerprint density at radius 3 is 2.54 bits per heavy atom. The fraction of sp³-hybridized carbons (Fsp3) is 0.364. The van der Waals surface area contributed by atoms with Crippen molar-refractivity contribution < 1.29 is 14.3 Å². The summed E-state index contributed by atoms with van der Waals surface area (Å²) in [4.78, 5) is 27.3. The summed E-state index contributed by atoms with van der Waals surface area (Å²) in [5.41, 5.74) is 3.07. The van der Waals surface area contributed by atoms with E-state index in [9.17, 15) is 9.59 Å². The predicted octanol–water partition coefficient (Wildman–Crippen LogP) is 2.84. The number of methoxy groups -OCH3 is 1. The van der Waals surface area contributed by atoms with Gasteiger partial charge in [-0.1, -0.05) is 30.3 Å². The predicted molar refractivity (Wildman–Crippen MR) is 111 cm³/mol. The third kappa shape index (κ3) is 5.33. The summed E-state index contributed by atoms with van der Waals surface area (Å²) in [5, 5.41) is 5.79. The topological polar surface area (TPSA) is 70.7 Å². The first kappa shape index (κ1) is 19.9. The molecule has 1 aliphatic rings. The Balaban J connectivity index is 1.75. The Hall–Kier alpha value is -2.86. The summed E-state index contributed by atoms with van der Waals surface area (Å²) in [5.74, 6) is -0.260. The molecule has 2 N–H and O–H groups in total. The highest BCUT2D eigenvalue weighted by Gasteiger charge is 2.20. The Kier molecular flexibility index (Phi) is 7.03. The van der Waals surface area contributed by atoms with Gasteiger partial charge < -0.3 is 20.3 Å². The van der Waals surface area contributed by atoms with Crippen molar-refractivity contribution >= 4 is 23.2 Å². The smallest absolute Gasteiger partial charge is 0.253 e. The van der Waals surface area contributed by atoms with Crippen molar-refractivity contribution in [1.29, 1.82) is 0 Å². The highest BCUT2D eigenvalue weighted by Crippen LogP contribution is 2.27. The molecule has 28 heavy (non-hydrogen) atoms. The van der Waals surface area contributed by atoms with Gasteiger partial charge in [-0.2, -0.15) is 0 Å². The van der Waals surface area contributed by atoms with Crippen LogP contribution in [0.15, 0.2) is 48.5 Å². The number of nitrogens with one attached hydrogen (secondary N) is 2. The van der Waals surface area contributed by atoms with Gasteiger partial charge in [0.15, 0.2) is 0 Å². The lowest BCUT2D eigenvalue weighted by Gasteiger charge is -2.22. The highest BCUT2D eigenvalue weighted by atomic mass is 16.5. The Bertz CT molecular complexity index is 802. The number of hydrogen-bond acceptors (Lipinski definition) is 4. The first-order chi connectivity index (χ1) is 13.7. The van der Waals surface area contributed by atoms with Gasteiger partial charge in [-0.25, -0.2) is 0 Å². The van der Waals surface area contributed by atoms with Gasteiger partial charge in [0.25, 0.3) is 5.91 Å². The van der Waals surface area contributed by atoms with Gasteiger partial charge in [0.2, 0.25) is 5.91 Å². The van der Waals surface area contributed by atoms with Gasteiger partial charge >= 0.3 is 0 Å². The van der Waals surface area contributed by atoms with E-state index in [1.165, 1.54) is 0 Å². The molecule has 148 valence electrons. The normalized spacial score (nSPS) is 13.4. The lowest BCUT2D eigenvalue weighted by Crippen LogP contribution is -2.30. The van der Waals surface area contributed by atoms with Crippen molar-refractivity contribution in [2.45, 2.75) is 19.3 Å². The van der Waals surface area contributed by atoms with Gasteiger partial charge in [-0.3, -0.25) is 9.59 Å². The van der Waals surface area contributed by atoms with Crippen molar-refractivity contribution in [3.05, 3.63) is 59.7 Å². The van der Waals surface area contributed by atoms with Crippen LogP contribution in [0.3, 0.4) is 0 Å². The van der Waals surface area contributed by atoms with Gasteiger partial charge in [-0.05, 0) is 36.6 Å². The third-order valence-corrected chi connectivity index (χ3v) is 4.77. The number of anilines is 2. The maximum Gasteiger partial charge on any atom is 0.253 e. The highest BCUT2D eigenvalue weighted by molar-refractivity contribution is 6.02. The van der Waals surface area contributed by atoms with Crippen molar-refractivity contribution in [1.82, 2.24) is 5.32 Å². The minimum Gasteiger partial charge on any atom is -0.383 e. The minimum absolute atomic E-state index is 0.106. The monoisotopic (exact) mass is 381 g/mol. The van der Waals surface area contributed by atoms with Crippen molar-refractivity contribution in [3.8, 4) is 0 Å². The lowest BCUT2D eigenvalue weighted by atomic mass is 10.1. The number of rotatable bonds is 8. The Morgan fingerprint density at radius 2 is 1.82 bits per heavy atom. The second kappa shape index (κ2) is 9.90. The van der Waals surface area contributed by atoms with Crippen molar-refractivity contribution in [3.63, 3.8) is 0 Å². The van der Waals surface area contributed by atoms with E-state index in [4.69, 9.17) is 4.74 Å². The van der Waals surface area contributed by atoms with Crippen LogP contribution in [0.5, 0.6) is 0 Å². The van der Waals surface area contributed by atoms with Crippen molar-refractivity contribution in [2.75, 3.05) is 43.6 Å². The summed E-state index contributed by atoms with van der Waals surface area (Å²) in [6.45, 7) is 2.79. The molecule has 2 amide bonds. The number of hydrogen-bond donors (Lipinski definition) is 2. The van der Waals surface area contributed by atoms with E-state index in [2.05, 4.69) is 15.5 Å². The van der Waals surface area contributed by atoms with E-state index in [1.807, 2.05) is 42.5 Å². The average Bonchev–Trinajstić information content (AvgIpc) is 3.23. The summed E-state index contributed by atoms with van der Waals surface area (Å²) in [6, 6.07) is 15.1. The van der Waals surface area contributed by atoms with Gasteiger partial charge in [0.05, 0.1) is 18.6 Å². The standard InChI is InChI=1S/C22H27N3O3/c1-28-14-11-23-22(27)19-16-18(9-10-20(19)25-12-5-6-13-25)24-21(26)15-17-7-3-2-4-8-17/h2-4,7-10,16H,5-6,11-15H2,1H3,(H,23,27)(H,24,26). The second-order valence-electron chi connectivity index (χ2n) is 6.89. The lowest BCUT2D eigenvalue weighted by molar-refractivity contribution is -0.115. The van der Waals surface area contributed by atoms with Crippen LogP contribution in [-0.2, 0) is 16.0 Å². The van der Waals surface area contributed by atoms with Gasteiger partial charge in [0.1, 0.15) is 0 Å². The van der Waals surface area contributed by atoms with Crippen LogP contribution in [0.2, 0.25) is 0 Å². The molecule has 1 aliphatic heterocycles. The number of carbonyl (C=O) groups excluding carboxylic acids is 2. The first-order valence-corrected chi connectivity index (χ1v) is 9.67. The fourth-order valence-electron chi connectivity index (χ4n) is 3.38. The molecule has 6 heteroatoms. The summed E-state index contributed by atoms with van der Waals surface area (Å²) < 4.78 is 5.01. The van der Waals surface area contributed by atoms with Crippen LogP contribution in [0.25, 0.3) is 0 Å². The largest absolute Gasteiger partial charge is 0.383 e. The van der Waals surface area contributed by atoms with Crippen LogP contribution in [0.1, 0.15) is 28.8 Å². The summed E-state index contributed by atoms with van der Waals surface area (Å²) in [6.07, 6.45) is 2.55. The molecule has 6 nitrogen and oxygen atoms in total. The van der Waals surface area contributed by atoms with Crippen LogP contribution >= 0.6 is 0 Å². The second-order valence-corrected chi connectivity index (χ2v) is 6.89. The van der Waals surface area contributed by atoms with Gasteiger partial charge in [-0.15, -0.1) is 0 Å². The summed E-state index contributed by atoms with van der Waals surface area (Å²) >= 11 is 0. The zero-order chi connectivity index (χ0) is 19.8. The molecule has 0 atom stereocenters. The zero-order valence-electron chi connectivity index (χ0n) is 16.2. The van der Waals surface area contributed by atoms with E-state index in [0.29, 0.717) is 30.8 Å². The number of carbonyl (C=O) groups is 2. The minimum atomic E-state index is -0.155. The molecule has 0 radical (unpaired) electrons. The molecule has 1 heterocycles. The molecular weight excluding hydrogens is 354 g/mol. The van der Waals surface area contributed by atoms with Crippen LogP contribution in [0, 0.1) is 0 Å². The van der Waals surface area contributed by atoms with Crippen molar-refractivity contribution in [2.24, 2.45) is 0 Å². The number of nitrogens with zero attached hydrogens (tertiary/aromatic N) is 1. The van der Waals surface area contributed by atoms with E-state index in [1.54, 1.807) is 13.2 Å². The maximum atomic E-state index is 12.7. The average molecular weight is 381 g/mol. The van der Waals surface area contributed by atoms with Crippen LogP contribution in [-0.4, -0.2) is 45.2 Å². The molecule has 3 rings (SSSR count). The van der Waals surface area contributed by atoms with E-state index >= 15 is 0 Å². The maximum absolute atomic E-state index is 12.7. The van der Waals surface area contributed by atoms with Crippen LogP contribution < -0.4 is 15.5 Å². The van der Waals surface area contributed by atoms with E-state index < -0.39 is 0 Å². The first-order valence-electron chi connectivity index (χ1n) is 9.67. The zero-order valence-corrected chi connectivity index (χ0v) is 16.2. The van der Waals surface area contributed by atoms with Gasteiger partial charge in [0, 0.05) is 38.1 Å². The third-order valence-electron chi connectivity index (χ3n) is 4.77. The number of ether oxygens (including phenoxy) is 1. The molecular formula is C22H27N3O3. The quantitative estimate of drug-likeness (QED) is 0.690. The molecule has 0 aliphatic carbocycles. The van der Waals surface area contributed by atoms with E-state index in [-0.39, 0.29) is 11.8 Å². The Labute approximate surface area is 165 Å². The number of amides is 2.